The first-order valence-electron chi connectivity index (χ1n) is 4.19. The molecule has 2 rings (SSSR count). The van der Waals surface area contributed by atoms with E-state index in [2.05, 4.69) is 37.9 Å². The van der Waals surface area contributed by atoms with Gasteiger partial charge in [0.05, 0.1) is 8.45 Å². The number of amides is 1. The standard InChI is InChI=1S/C9H5ClIN3OS/c10-6-1-2-12-9(13-6)14-8(15)5-3-7(11)16-4-5/h1-4H,(H,12,13,14,15). The first-order chi connectivity index (χ1) is 7.65. The van der Waals surface area contributed by atoms with Crippen LogP contribution in [0, 0.1) is 2.88 Å². The molecule has 4 nitrogen and oxygen atoms in total. The van der Waals surface area contributed by atoms with Crippen LogP contribution in [0.25, 0.3) is 0 Å². The monoisotopic (exact) mass is 365 g/mol. The molecule has 0 atom stereocenters. The Labute approximate surface area is 114 Å². The Balaban J connectivity index is 2.13. The second kappa shape index (κ2) is 5.07. The molecule has 0 aliphatic heterocycles. The fourth-order valence-corrected chi connectivity index (χ4v) is 2.46. The number of thiophene rings is 1. The zero-order valence-electron chi connectivity index (χ0n) is 7.78. The van der Waals surface area contributed by atoms with E-state index in [1.54, 1.807) is 17.5 Å². The van der Waals surface area contributed by atoms with Gasteiger partial charge in [-0.2, -0.15) is 0 Å². The zero-order chi connectivity index (χ0) is 11.5. The third kappa shape index (κ3) is 2.89. The number of nitrogens with one attached hydrogen (secondary N) is 1. The smallest absolute Gasteiger partial charge is 0.258 e. The molecule has 82 valence electrons. The van der Waals surface area contributed by atoms with Crippen LogP contribution < -0.4 is 5.32 Å². The minimum atomic E-state index is -0.235. The third-order valence-electron chi connectivity index (χ3n) is 1.68. The molecule has 7 heteroatoms. The lowest BCUT2D eigenvalue weighted by atomic mass is 10.3. The topological polar surface area (TPSA) is 54.9 Å². The van der Waals surface area contributed by atoms with E-state index < -0.39 is 0 Å². The number of hydrogen-bond acceptors (Lipinski definition) is 4. The van der Waals surface area contributed by atoms with Crippen LogP contribution in [0.1, 0.15) is 10.4 Å². The summed E-state index contributed by atoms with van der Waals surface area (Å²) in [4.78, 5) is 19.5. The quantitative estimate of drug-likeness (QED) is 0.657. The minimum Gasteiger partial charge on any atom is -0.290 e. The Morgan fingerprint density at radius 1 is 1.56 bits per heavy atom. The number of rotatable bonds is 2. The van der Waals surface area contributed by atoms with Gasteiger partial charge in [0, 0.05) is 11.6 Å². The molecule has 0 radical (unpaired) electrons. The van der Waals surface area contributed by atoms with Gasteiger partial charge >= 0.3 is 0 Å². The van der Waals surface area contributed by atoms with Crippen LogP contribution in [0.15, 0.2) is 23.7 Å². The normalized spacial score (nSPS) is 10.1. The molecule has 0 fully saturated rings. The largest absolute Gasteiger partial charge is 0.290 e. The molecule has 0 spiro atoms. The van der Waals surface area contributed by atoms with Crippen LogP contribution in [0.3, 0.4) is 0 Å². The lowest BCUT2D eigenvalue weighted by Crippen LogP contribution is -2.13. The number of carbonyl (C=O) groups is 1. The van der Waals surface area contributed by atoms with Crippen molar-refractivity contribution in [3.63, 3.8) is 0 Å². The number of aromatic nitrogens is 2. The third-order valence-corrected chi connectivity index (χ3v) is 3.68. The summed E-state index contributed by atoms with van der Waals surface area (Å²) in [6.07, 6.45) is 1.49. The van der Waals surface area contributed by atoms with Gasteiger partial charge in [0.15, 0.2) is 0 Å². The maximum atomic E-state index is 11.7. The second-order valence-corrected chi connectivity index (χ2v) is 5.99. The summed E-state index contributed by atoms with van der Waals surface area (Å²) in [6.45, 7) is 0. The van der Waals surface area contributed by atoms with Crippen LogP contribution >= 0.6 is 45.5 Å². The van der Waals surface area contributed by atoms with E-state index in [9.17, 15) is 4.79 Å². The van der Waals surface area contributed by atoms with Crippen molar-refractivity contribution in [3.8, 4) is 0 Å². The van der Waals surface area contributed by atoms with E-state index in [4.69, 9.17) is 11.6 Å². The van der Waals surface area contributed by atoms with E-state index in [1.165, 1.54) is 17.5 Å². The average Bonchev–Trinajstić information content (AvgIpc) is 2.65. The van der Waals surface area contributed by atoms with E-state index in [1.807, 2.05) is 0 Å². The minimum absolute atomic E-state index is 0.207. The van der Waals surface area contributed by atoms with Gasteiger partial charge in [0.25, 0.3) is 5.91 Å². The predicted octanol–water partition coefficient (Wildman–Crippen LogP) is 3.05. The van der Waals surface area contributed by atoms with Crippen LogP contribution in [0.2, 0.25) is 5.15 Å². The summed E-state index contributed by atoms with van der Waals surface area (Å²) in [7, 11) is 0. The Morgan fingerprint density at radius 3 is 3.00 bits per heavy atom. The molecule has 1 N–H and O–H groups in total. The van der Waals surface area contributed by atoms with Crippen LogP contribution in [-0.4, -0.2) is 15.9 Å². The van der Waals surface area contributed by atoms with Crippen LogP contribution in [0.5, 0.6) is 0 Å². The molecule has 0 saturated carbocycles. The van der Waals surface area contributed by atoms with Gasteiger partial charge in [-0.05, 0) is 34.7 Å². The molecule has 0 aliphatic carbocycles. The number of carbonyl (C=O) groups excluding carboxylic acids is 1. The number of nitrogens with zero attached hydrogens (tertiary/aromatic N) is 2. The Bertz CT molecular complexity index is 531. The Hall–Kier alpha value is -0.730. The van der Waals surface area contributed by atoms with Gasteiger partial charge in [-0.1, -0.05) is 11.6 Å². The number of hydrogen-bond donors (Lipinski definition) is 1. The molecular weight excluding hydrogens is 361 g/mol. The first-order valence-corrected chi connectivity index (χ1v) is 6.53. The predicted molar refractivity (Wildman–Crippen MR) is 72.0 cm³/mol. The van der Waals surface area contributed by atoms with E-state index in [-0.39, 0.29) is 11.9 Å². The van der Waals surface area contributed by atoms with Crippen molar-refractivity contribution in [2.45, 2.75) is 0 Å². The first kappa shape index (κ1) is 11.7. The fourth-order valence-electron chi connectivity index (χ4n) is 1.000. The molecule has 0 aliphatic rings. The van der Waals surface area contributed by atoms with E-state index in [0.29, 0.717) is 10.7 Å². The van der Waals surface area contributed by atoms with Gasteiger partial charge in [0.1, 0.15) is 5.15 Å². The van der Waals surface area contributed by atoms with E-state index >= 15 is 0 Å². The Kier molecular flexibility index (Phi) is 3.72. The van der Waals surface area contributed by atoms with Crippen molar-refractivity contribution in [1.29, 1.82) is 0 Å². The highest BCUT2D eigenvalue weighted by Crippen LogP contribution is 2.17. The molecule has 16 heavy (non-hydrogen) atoms. The molecule has 2 heterocycles. The summed E-state index contributed by atoms with van der Waals surface area (Å²) < 4.78 is 1.05. The summed E-state index contributed by atoms with van der Waals surface area (Å²) >= 11 is 9.34. The molecule has 2 aromatic heterocycles. The number of anilines is 1. The van der Waals surface area contributed by atoms with Crippen molar-refractivity contribution in [1.82, 2.24) is 9.97 Å². The van der Waals surface area contributed by atoms with Crippen molar-refractivity contribution < 1.29 is 4.79 Å². The van der Waals surface area contributed by atoms with Gasteiger partial charge in [0.2, 0.25) is 5.95 Å². The van der Waals surface area contributed by atoms with Crippen molar-refractivity contribution in [2.24, 2.45) is 0 Å². The summed E-state index contributed by atoms with van der Waals surface area (Å²) in [5.74, 6) is -0.0276. The second-order valence-electron chi connectivity index (χ2n) is 2.80. The SMILES string of the molecule is O=C(Nc1nccc(Cl)n1)c1csc(I)c1. The van der Waals surface area contributed by atoms with Crippen molar-refractivity contribution in [2.75, 3.05) is 5.32 Å². The van der Waals surface area contributed by atoms with Gasteiger partial charge in [-0.15, -0.1) is 11.3 Å². The van der Waals surface area contributed by atoms with Gasteiger partial charge in [-0.25, -0.2) is 9.97 Å². The maximum absolute atomic E-state index is 11.7. The van der Waals surface area contributed by atoms with Crippen LogP contribution in [0.4, 0.5) is 5.95 Å². The van der Waals surface area contributed by atoms with Gasteiger partial charge < -0.3 is 0 Å². The summed E-state index contributed by atoms with van der Waals surface area (Å²) in [5, 5.41) is 4.65. The molecule has 0 bridgehead atoms. The van der Waals surface area contributed by atoms with Gasteiger partial charge in [-0.3, -0.25) is 10.1 Å². The average molecular weight is 366 g/mol. The maximum Gasteiger partial charge on any atom is 0.258 e. The van der Waals surface area contributed by atoms with Crippen LogP contribution in [-0.2, 0) is 0 Å². The highest BCUT2D eigenvalue weighted by atomic mass is 127. The zero-order valence-corrected chi connectivity index (χ0v) is 11.5. The molecule has 1 amide bonds. The summed E-state index contributed by atoms with van der Waals surface area (Å²) in [6, 6.07) is 3.34. The fraction of sp³-hybridized carbons (Fsp3) is 0. The molecule has 0 aromatic carbocycles. The highest BCUT2D eigenvalue weighted by molar-refractivity contribution is 14.1. The summed E-state index contributed by atoms with van der Waals surface area (Å²) in [5.41, 5.74) is 0.595. The molecule has 2 aromatic rings. The molecule has 0 saturated heterocycles. The lowest BCUT2D eigenvalue weighted by molar-refractivity contribution is 0.102. The number of halogens is 2. The van der Waals surface area contributed by atoms with Crippen molar-refractivity contribution in [3.05, 3.63) is 37.3 Å². The Morgan fingerprint density at radius 2 is 2.38 bits per heavy atom. The van der Waals surface area contributed by atoms with Crippen molar-refractivity contribution >= 4 is 57.4 Å². The van der Waals surface area contributed by atoms with E-state index in [0.717, 1.165) is 2.88 Å². The highest BCUT2D eigenvalue weighted by Gasteiger charge is 2.09. The lowest BCUT2D eigenvalue weighted by Gasteiger charge is -2.00. The molecular formula is C9H5ClIN3OS. The molecule has 0 unspecified atom stereocenters.